The first-order valence-electron chi connectivity index (χ1n) is 3.77. The lowest BCUT2D eigenvalue weighted by molar-refractivity contribution is -0.274. The highest BCUT2D eigenvalue weighted by Gasteiger charge is 2.30. The molecule has 0 aliphatic carbocycles. The monoisotopic (exact) mass is 220 g/mol. The van der Waals surface area contributed by atoms with Gasteiger partial charge in [0, 0.05) is 5.69 Å². The van der Waals surface area contributed by atoms with E-state index < -0.39 is 12.4 Å². The molecular formula is C8H7F3N2O2. The lowest BCUT2D eigenvalue weighted by Gasteiger charge is -2.09. The molecule has 0 heterocycles. The molecule has 0 amide bonds. The number of ether oxygens (including phenoxy) is 1. The van der Waals surface area contributed by atoms with Crippen molar-refractivity contribution < 1.29 is 23.0 Å². The highest BCUT2D eigenvalue weighted by molar-refractivity contribution is 5.84. The summed E-state index contributed by atoms with van der Waals surface area (Å²) in [7, 11) is 0. The maximum Gasteiger partial charge on any atom is 0.573 e. The van der Waals surface area contributed by atoms with Crippen LogP contribution in [0.1, 0.15) is 0 Å². The molecular weight excluding hydrogens is 213 g/mol. The van der Waals surface area contributed by atoms with Gasteiger partial charge in [-0.1, -0.05) is 0 Å². The van der Waals surface area contributed by atoms with E-state index in [1.165, 1.54) is 12.1 Å². The van der Waals surface area contributed by atoms with Crippen LogP contribution in [0.15, 0.2) is 24.3 Å². The summed E-state index contributed by atoms with van der Waals surface area (Å²) < 4.78 is 38.8. The molecule has 7 heteroatoms. The van der Waals surface area contributed by atoms with Crippen LogP contribution >= 0.6 is 0 Å². The molecule has 0 unspecified atom stereocenters. The standard InChI is InChI=1S/C8H7F3N2O2/c9-8(10,11)15-6-3-1-5(2-4-6)13-7(12)14/h1-4H,(H3,12,13,14). The summed E-state index contributed by atoms with van der Waals surface area (Å²) in [6, 6.07) is 3.83. The zero-order valence-electron chi connectivity index (χ0n) is 7.30. The fraction of sp³-hybridized carbons (Fsp3) is 0.125. The number of nitrogens with one attached hydrogen (secondary N) is 2. The average Bonchev–Trinajstić information content (AvgIpc) is 2.05. The topological polar surface area (TPSA) is 65.3 Å². The first kappa shape index (κ1) is 11.2. The second-order valence-corrected chi connectivity index (χ2v) is 2.55. The summed E-state index contributed by atoms with van der Waals surface area (Å²) in [6.45, 7) is 0. The van der Waals surface area contributed by atoms with Gasteiger partial charge < -0.3 is 15.2 Å². The van der Waals surface area contributed by atoms with Gasteiger partial charge in [0.2, 0.25) is 0 Å². The van der Waals surface area contributed by atoms with E-state index in [0.29, 0.717) is 0 Å². The molecule has 0 aliphatic heterocycles. The average molecular weight is 220 g/mol. The summed E-state index contributed by atoms with van der Waals surface area (Å²) in [5, 5.41) is 17.4. The largest absolute Gasteiger partial charge is 0.573 e. The van der Waals surface area contributed by atoms with Gasteiger partial charge in [-0.15, -0.1) is 13.2 Å². The Balaban J connectivity index is 2.68. The minimum atomic E-state index is -4.72. The van der Waals surface area contributed by atoms with E-state index in [4.69, 9.17) is 10.5 Å². The number of aliphatic hydroxyl groups is 1. The SMILES string of the molecule is N=C(O)Nc1ccc(OC(F)(F)F)cc1. The Morgan fingerprint density at radius 2 is 1.80 bits per heavy atom. The normalized spacial score (nSPS) is 10.9. The number of amidine groups is 1. The van der Waals surface area contributed by atoms with Gasteiger partial charge in [0.1, 0.15) is 5.75 Å². The van der Waals surface area contributed by atoms with Crippen molar-refractivity contribution in [1.29, 1.82) is 5.41 Å². The number of benzene rings is 1. The highest BCUT2D eigenvalue weighted by atomic mass is 19.4. The van der Waals surface area contributed by atoms with E-state index in [1.54, 1.807) is 0 Å². The molecule has 0 atom stereocenters. The summed E-state index contributed by atoms with van der Waals surface area (Å²) in [4.78, 5) is 0. The molecule has 0 spiro atoms. The van der Waals surface area contributed by atoms with E-state index in [1.807, 2.05) is 0 Å². The Bertz CT molecular complexity index is 348. The fourth-order valence-corrected chi connectivity index (χ4v) is 0.877. The molecule has 3 N–H and O–H groups in total. The van der Waals surface area contributed by atoms with Gasteiger partial charge in [0.15, 0.2) is 0 Å². The lowest BCUT2D eigenvalue weighted by Crippen LogP contribution is -2.17. The predicted molar refractivity (Wildman–Crippen MR) is 47.1 cm³/mol. The molecule has 0 fully saturated rings. The fourth-order valence-electron chi connectivity index (χ4n) is 0.877. The second kappa shape index (κ2) is 4.07. The van der Waals surface area contributed by atoms with Crippen LogP contribution in [-0.4, -0.2) is 17.5 Å². The number of hydrogen-bond acceptors (Lipinski definition) is 2. The Kier molecular flexibility index (Phi) is 3.03. The van der Waals surface area contributed by atoms with Crippen molar-refractivity contribution in [2.75, 3.05) is 5.32 Å². The summed E-state index contributed by atoms with van der Waals surface area (Å²) in [5.41, 5.74) is 0.289. The quantitative estimate of drug-likeness (QED) is 0.530. The van der Waals surface area contributed by atoms with Crippen molar-refractivity contribution in [3.05, 3.63) is 24.3 Å². The number of anilines is 1. The minimum Gasteiger partial charge on any atom is -0.481 e. The Morgan fingerprint density at radius 1 is 1.27 bits per heavy atom. The Labute approximate surface area is 82.8 Å². The van der Waals surface area contributed by atoms with E-state index in [9.17, 15) is 13.2 Å². The summed E-state index contributed by atoms with van der Waals surface area (Å²) in [6.07, 6.45) is -4.72. The van der Waals surface area contributed by atoms with Gasteiger partial charge in [-0.3, -0.25) is 5.41 Å². The van der Waals surface area contributed by atoms with Gasteiger partial charge >= 0.3 is 6.36 Å². The zero-order valence-corrected chi connectivity index (χ0v) is 7.30. The van der Waals surface area contributed by atoms with Crippen LogP contribution in [0.4, 0.5) is 18.9 Å². The van der Waals surface area contributed by atoms with Gasteiger partial charge in [0.05, 0.1) is 0 Å². The number of hydrogen-bond donors (Lipinski definition) is 3. The van der Waals surface area contributed by atoms with Gasteiger partial charge in [-0.2, -0.15) is 0 Å². The highest BCUT2D eigenvalue weighted by Crippen LogP contribution is 2.23. The molecule has 0 aromatic heterocycles. The van der Waals surface area contributed by atoms with Crippen molar-refractivity contribution in [2.45, 2.75) is 6.36 Å². The van der Waals surface area contributed by atoms with Crippen molar-refractivity contribution in [3.63, 3.8) is 0 Å². The molecule has 15 heavy (non-hydrogen) atoms. The maximum atomic E-state index is 11.7. The molecule has 1 aromatic rings. The molecule has 1 aromatic carbocycles. The zero-order chi connectivity index (χ0) is 11.5. The van der Waals surface area contributed by atoms with Crippen LogP contribution < -0.4 is 10.1 Å². The Morgan fingerprint density at radius 3 is 2.20 bits per heavy atom. The van der Waals surface area contributed by atoms with E-state index >= 15 is 0 Å². The molecule has 0 saturated heterocycles. The first-order valence-corrected chi connectivity index (χ1v) is 3.77. The number of alkyl halides is 3. The van der Waals surface area contributed by atoms with Crippen molar-refractivity contribution in [2.24, 2.45) is 0 Å². The van der Waals surface area contributed by atoms with Crippen molar-refractivity contribution in [3.8, 4) is 5.75 Å². The Hall–Kier alpha value is -1.92. The van der Waals surface area contributed by atoms with Gasteiger partial charge in [0.25, 0.3) is 6.02 Å². The van der Waals surface area contributed by atoms with Crippen LogP contribution in [0, 0.1) is 5.41 Å². The molecule has 0 bridgehead atoms. The van der Waals surface area contributed by atoms with Crippen LogP contribution in [0.3, 0.4) is 0 Å². The van der Waals surface area contributed by atoms with Crippen LogP contribution in [0.2, 0.25) is 0 Å². The lowest BCUT2D eigenvalue weighted by atomic mass is 10.3. The molecule has 0 radical (unpaired) electrons. The third-order valence-electron chi connectivity index (χ3n) is 1.35. The molecule has 1 rings (SSSR count). The van der Waals surface area contributed by atoms with Crippen LogP contribution in [0.5, 0.6) is 5.75 Å². The van der Waals surface area contributed by atoms with Crippen LogP contribution in [0.25, 0.3) is 0 Å². The number of halogens is 3. The van der Waals surface area contributed by atoms with E-state index in [2.05, 4.69) is 10.1 Å². The molecule has 0 aliphatic rings. The third kappa shape index (κ3) is 4.21. The number of aliphatic hydroxyl groups excluding tert-OH is 1. The van der Waals surface area contributed by atoms with E-state index in [-0.39, 0.29) is 11.4 Å². The predicted octanol–water partition coefficient (Wildman–Crippen LogP) is 2.49. The molecule has 0 saturated carbocycles. The summed E-state index contributed by atoms with van der Waals surface area (Å²) >= 11 is 0. The number of rotatable bonds is 2. The smallest absolute Gasteiger partial charge is 0.481 e. The van der Waals surface area contributed by atoms with Gasteiger partial charge in [-0.05, 0) is 24.3 Å². The van der Waals surface area contributed by atoms with E-state index in [0.717, 1.165) is 12.1 Å². The molecule has 4 nitrogen and oxygen atoms in total. The summed E-state index contributed by atoms with van der Waals surface area (Å²) in [5.74, 6) is -0.363. The van der Waals surface area contributed by atoms with Crippen molar-refractivity contribution in [1.82, 2.24) is 0 Å². The first-order chi connectivity index (χ1) is 6.87. The molecule has 82 valence electrons. The minimum absolute atomic E-state index is 0.289. The maximum absolute atomic E-state index is 11.7. The van der Waals surface area contributed by atoms with Crippen molar-refractivity contribution >= 4 is 11.7 Å². The third-order valence-corrected chi connectivity index (χ3v) is 1.35. The van der Waals surface area contributed by atoms with Crippen LogP contribution in [-0.2, 0) is 0 Å². The van der Waals surface area contributed by atoms with Gasteiger partial charge in [-0.25, -0.2) is 0 Å². The second-order valence-electron chi connectivity index (χ2n) is 2.55.